The van der Waals surface area contributed by atoms with Crippen molar-refractivity contribution in [3.63, 3.8) is 0 Å². The van der Waals surface area contributed by atoms with Gasteiger partial charge in [0.1, 0.15) is 17.7 Å². The zero-order valence-corrected chi connectivity index (χ0v) is 28.7. The van der Waals surface area contributed by atoms with E-state index < -0.39 is 6.23 Å². The summed E-state index contributed by atoms with van der Waals surface area (Å²) >= 11 is 0. The van der Waals surface area contributed by atoms with Gasteiger partial charge in [0.25, 0.3) is 5.91 Å². The lowest BCUT2D eigenvalue weighted by atomic mass is 9.76. The van der Waals surface area contributed by atoms with E-state index in [1.807, 2.05) is 35.2 Å². The van der Waals surface area contributed by atoms with Gasteiger partial charge in [-0.05, 0) is 86.6 Å². The summed E-state index contributed by atoms with van der Waals surface area (Å²) in [5.41, 5.74) is 7.38. The monoisotopic (exact) mass is 664 g/mol. The number of benzene rings is 1. The molecule has 3 aromatic heterocycles. The Hall–Kier alpha value is -4.22. The predicted octanol–water partition coefficient (Wildman–Crippen LogP) is 4.45. The molecule has 2 atom stereocenters. The van der Waals surface area contributed by atoms with Gasteiger partial charge in [-0.3, -0.25) is 19.6 Å². The molecular formula is C38H48N8O3. The summed E-state index contributed by atoms with van der Waals surface area (Å²) in [7, 11) is 0. The van der Waals surface area contributed by atoms with E-state index >= 15 is 0 Å². The molecule has 4 aromatic rings. The number of nitrogens with one attached hydrogen (secondary N) is 3. The van der Waals surface area contributed by atoms with Crippen molar-refractivity contribution in [2.24, 2.45) is 11.3 Å². The molecule has 2 unspecified atom stereocenters. The Kier molecular flexibility index (Phi) is 8.43. The first-order valence-electron chi connectivity index (χ1n) is 18.1. The maximum absolute atomic E-state index is 13.6. The molecule has 6 heterocycles. The van der Waals surface area contributed by atoms with Crippen LogP contribution in [0.15, 0.2) is 42.5 Å². The molecule has 3 aliphatic heterocycles. The normalized spacial score (nSPS) is 23.4. The van der Waals surface area contributed by atoms with Crippen molar-refractivity contribution in [1.29, 1.82) is 0 Å². The number of hydrogen-bond acceptors (Lipinski definition) is 7. The quantitative estimate of drug-likeness (QED) is 0.239. The van der Waals surface area contributed by atoms with E-state index in [1.165, 1.54) is 11.3 Å². The number of rotatable bonds is 6. The first kappa shape index (κ1) is 32.0. The number of aliphatic hydroxyl groups excluding tert-OH is 1. The van der Waals surface area contributed by atoms with Crippen molar-refractivity contribution in [2.75, 3.05) is 50.7 Å². The number of amides is 2. The molecule has 49 heavy (non-hydrogen) atoms. The lowest BCUT2D eigenvalue weighted by molar-refractivity contribution is -0.128. The molecule has 3 saturated heterocycles. The number of anilines is 1. The SMILES string of the molecule is CC1(C)CCc2c(-c3cc4ccc(C(=O)N5CCC(CN6CCN(c7cccc(C8CCC(O)NC8=O)n7)CC6)CC5)cc4[nH]3)n[nH]c2C1. The molecule has 258 valence electrons. The minimum atomic E-state index is -0.756. The fourth-order valence-electron chi connectivity index (χ4n) is 8.37. The Labute approximate surface area is 287 Å². The Bertz CT molecular complexity index is 1850. The third kappa shape index (κ3) is 6.58. The Morgan fingerprint density at radius 1 is 1.00 bits per heavy atom. The van der Waals surface area contributed by atoms with Gasteiger partial charge < -0.3 is 25.2 Å². The van der Waals surface area contributed by atoms with Crippen LogP contribution in [0.2, 0.25) is 0 Å². The van der Waals surface area contributed by atoms with Gasteiger partial charge in [-0.25, -0.2) is 4.98 Å². The standard InChI is InChI=1S/C38H48N8O3/c1-38(2)13-10-27-32(22-38)42-43-35(27)31-20-25-6-7-26(21-30(25)39-31)37(49)46-14-11-24(12-15-46)23-44-16-18-45(19-17-44)33-5-3-4-29(40-33)28-8-9-34(47)41-36(28)48/h3-7,20-21,24,28,34,39,47H,8-19,22-23H2,1-2H3,(H,41,48)(H,42,43). The molecule has 2 amide bonds. The van der Waals surface area contributed by atoms with Gasteiger partial charge in [-0.1, -0.05) is 26.0 Å². The summed E-state index contributed by atoms with van der Waals surface area (Å²) in [6.07, 6.45) is 5.64. The number of hydrogen-bond donors (Lipinski definition) is 4. The topological polar surface area (TPSA) is 133 Å². The highest BCUT2D eigenvalue weighted by Gasteiger charge is 2.32. The maximum atomic E-state index is 13.6. The lowest BCUT2D eigenvalue weighted by Gasteiger charge is -2.39. The number of aliphatic hydroxyl groups is 1. The van der Waals surface area contributed by atoms with Crippen LogP contribution >= 0.6 is 0 Å². The number of carbonyl (C=O) groups excluding carboxylic acids is 2. The average Bonchev–Trinajstić information content (AvgIpc) is 3.71. The molecule has 11 nitrogen and oxygen atoms in total. The van der Waals surface area contributed by atoms with E-state index in [0.29, 0.717) is 24.2 Å². The Morgan fingerprint density at radius 2 is 1.82 bits per heavy atom. The molecule has 8 rings (SSSR count). The van der Waals surface area contributed by atoms with Crippen molar-refractivity contribution in [3.05, 3.63) is 65.0 Å². The van der Waals surface area contributed by atoms with Gasteiger partial charge in [-0.2, -0.15) is 5.10 Å². The molecule has 4 aliphatic rings. The first-order valence-corrected chi connectivity index (χ1v) is 18.1. The van der Waals surface area contributed by atoms with Gasteiger partial charge in [0.05, 0.1) is 17.3 Å². The predicted molar refractivity (Wildman–Crippen MR) is 189 cm³/mol. The van der Waals surface area contributed by atoms with Gasteiger partial charge in [0, 0.05) is 73.5 Å². The number of piperidine rings is 2. The smallest absolute Gasteiger partial charge is 0.253 e. The number of pyridine rings is 1. The molecule has 1 aliphatic carbocycles. The summed E-state index contributed by atoms with van der Waals surface area (Å²) < 4.78 is 0. The second-order valence-electron chi connectivity index (χ2n) is 15.5. The third-order valence-electron chi connectivity index (χ3n) is 11.4. The summed E-state index contributed by atoms with van der Waals surface area (Å²) in [6, 6.07) is 14.1. The first-order chi connectivity index (χ1) is 23.7. The molecule has 4 N–H and O–H groups in total. The van der Waals surface area contributed by atoms with Gasteiger partial charge in [0.2, 0.25) is 5.91 Å². The zero-order valence-electron chi connectivity index (χ0n) is 28.7. The second kappa shape index (κ2) is 12.9. The molecule has 3 fully saturated rings. The zero-order chi connectivity index (χ0) is 33.7. The van der Waals surface area contributed by atoms with Gasteiger partial charge in [-0.15, -0.1) is 0 Å². The molecule has 0 radical (unpaired) electrons. The maximum Gasteiger partial charge on any atom is 0.253 e. The van der Waals surface area contributed by atoms with Crippen LogP contribution in [0.1, 0.15) is 79.2 Å². The molecule has 1 aromatic carbocycles. The van der Waals surface area contributed by atoms with E-state index in [9.17, 15) is 14.7 Å². The highest BCUT2D eigenvalue weighted by atomic mass is 16.3. The lowest BCUT2D eigenvalue weighted by Crippen LogP contribution is -2.49. The minimum Gasteiger partial charge on any atom is -0.374 e. The molecule has 0 saturated carbocycles. The minimum absolute atomic E-state index is 0.112. The van der Waals surface area contributed by atoms with E-state index in [4.69, 9.17) is 10.1 Å². The number of piperazine rings is 1. The van der Waals surface area contributed by atoms with E-state index in [0.717, 1.165) is 117 Å². The van der Waals surface area contributed by atoms with E-state index in [2.05, 4.69) is 51.2 Å². The van der Waals surface area contributed by atoms with Gasteiger partial charge >= 0.3 is 0 Å². The largest absolute Gasteiger partial charge is 0.374 e. The molecule has 0 bridgehead atoms. The van der Waals surface area contributed by atoms with Crippen LogP contribution in [-0.2, 0) is 17.6 Å². The summed E-state index contributed by atoms with van der Waals surface area (Å²) in [5.74, 6) is 1.15. The highest BCUT2D eigenvalue weighted by molar-refractivity contribution is 5.99. The fourth-order valence-corrected chi connectivity index (χ4v) is 8.37. The Balaban J connectivity index is 0.832. The van der Waals surface area contributed by atoms with Gasteiger partial charge in [0.15, 0.2) is 0 Å². The van der Waals surface area contributed by atoms with Crippen molar-refractivity contribution >= 4 is 28.5 Å². The van der Waals surface area contributed by atoms with Crippen LogP contribution < -0.4 is 10.2 Å². The molecule has 0 spiro atoms. The second-order valence-corrected chi connectivity index (χ2v) is 15.5. The van der Waals surface area contributed by atoms with Crippen LogP contribution in [0.4, 0.5) is 5.82 Å². The number of aromatic amines is 2. The number of likely N-dealkylation sites (tertiary alicyclic amines) is 1. The van der Waals surface area contributed by atoms with E-state index in [1.54, 1.807) is 0 Å². The summed E-state index contributed by atoms with van der Waals surface area (Å²) in [5, 5.41) is 21.5. The molecule has 11 heteroatoms. The average molecular weight is 665 g/mol. The van der Waals surface area contributed by atoms with Crippen molar-refractivity contribution < 1.29 is 14.7 Å². The number of aromatic nitrogens is 4. The Morgan fingerprint density at radius 3 is 2.61 bits per heavy atom. The third-order valence-corrected chi connectivity index (χ3v) is 11.4. The fraction of sp³-hybridized carbons (Fsp3) is 0.526. The van der Waals surface area contributed by atoms with Crippen molar-refractivity contribution in [3.8, 4) is 11.4 Å². The molecular weight excluding hydrogens is 616 g/mol. The number of nitrogens with zero attached hydrogens (tertiary/aromatic N) is 5. The van der Waals surface area contributed by atoms with E-state index in [-0.39, 0.29) is 17.7 Å². The van der Waals surface area contributed by atoms with Crippen LogP contribution in [0.25, 0.3) is 22.3 Å². The summed E-state index contributed by atoms with van der Waals surface area (Å²) in [6.45, 7) is 11.0. The number of H-pyrrole nitrogens is 2. The van der Waals surface area contributed by atoms with Crippen LogP contribution in [0, 0.1) is 11.3 Å². The highest BCUT2D eigenvalue weighted by Crippen LogP contribution is 2.38. The summed E-state index contributed by atoms with van der Waals surface area (Å²) in [4.78, 5) is 41.3. The number of carbonyl (C=O) groups is 2. The van der Waals surface area contributed by atoms with Crippen LogP contribution in [-0.4, -0.2) is 98.9 Å². The van der Waals surface area contributed by atoms with Crippen LogP contribution in [0.5, 0.6) is 0 Å². The van der Waals surface area contributed by atoms with Crippen LogP contribution in [0.3, 0.4) is 0 Å². The number of fused-ring (bicyclic) bond motifs is 2. The van der Waals surface area contributed by atoms with Crippen molar-refractivity contribution in [2.45, 2.75) is 70.9 Å². The van der Waals surface area contributed by atoms with Crippen molar-refractivity contribution in [1.82, 2.24) is 35.3 Å².